The fourth-order valence-electron chi connectivity index (χ4n) is 2.56. The smallest absolute Gasteiger partial charge is 0.320 e. The highest BCUT2D eigenvalue weighted by Gasteiger charge is 2.35. The van der Waals surface area contributed by atoms with Crippen LogP contribution in [0.4, 0.5) is 0 Å². The minimum Gasteiger partial charge on any atom is -0.480 e. The average molecular weight is 199 g/mol. The summed E-state index contributed by atoms with van der Waals surface area (Å²) < 4.78 is 0. The molecule has 1 heterocycles. The summed E-state index contributed by atoms with van der Waals surface area (Å²) in [5, 5.41) is 9.04. The molecule has 1 N–H and O–H groups in total. The van der Waals surface area contributed by atoms with E-state index in [0.29, 0.717) is 11.8 Å². The summed E-state index contributed by atoms with van der Waals surface area (Å²) in [6.07, 6.45) is 3.09. The van der Waals surface area contributed by atoms with E-state index in [1.807, 2.05) is 11.9 Å². The number of hydrogen-bond acceptors (Lipinski definition) is 2. The molecule has 14 heavy (non-hydrogen) atoms. The summed E-state index contributed by atoms with van der Waals surface area (Å²) in [7, 11) is 1.92. The molecule has 1 aliphatic heterocycles. The first kappa shape index (κ1) is 11.5. The van der Waals surface area contributed by atoms with Crippen molar-refractivity contribution in [2.45, 2.75) is 39.2 Å². The lowest BCUT2D eigenvalue weighted by molar-refractivity contribution is -0.145. The summed E-state index contributed by atoms with van der Waals surface area (Å²) >= 11 is 0. The molecular weight excluding hydrogens is 178 g/mol. The summed E-state index contributed by atoms with van der Waals surface area (Å²) in [6, 6.07) is -0.261. The van der Waals surface area contributed by atoms with Gasteiger partial charge in [-0.3, -0.25) is 9.69 Å². The molecule has 0 aromatic heterocycles. The van der Waals surface area contributed by atoms with E-state index in [0.717, 1.165) is 25.8 Å². The maximum Gasteiger partial charge on any atom is 0.320 e. The molecule has 3 unspecified atom stereocenters. The zero-order valence-electron chi connectivity index (χ0n) is 9.36. The Bertz CT molecular complexity index is 205. The Morgan fingerprint density at radius 1 is 1.36 bits per heavy atom. The Labute approximate surface area is 86.1 Å². The van der Waals surface area contributed by atoms with Crippen molar-refractivity contribution in [1.29, 1.82) is 0 Å². The molecular formula is C11H21NO2. The number of nitrogens with zero attached hydrogens (tertiary/aromatic N) is 1. The van der Waals surface area contributed by atoms with E-state index in [1.54, 1.807) is 0 Å². The molecule has 0 aliphatic carbocycles. The number of carbonyl (C=O) groups is 1. The van der Waals surface area contributed by atoms with Crippen LogP contribution in [0.5, 0.6) is 0 Å². The van der Waals surface area contributed by atoms with Gasteiger partial charge < -0.3 is 5.11 Å². The fraction of sp³-hybridized carbons (Fsp3) is 0.909. The van der Waals surface area contributed by atoms with Crippen LogP contribution in [-0.4, -0.2) is 35.6 Å². The second-order valence-electron chi connectivity index (χ2n) is 4.37. The quantitative estimate of drug-likeness (QED) is 0.754. The molecule has 0 saturated carbocycles. The molecule has 0 radical (unpaired) electrons. The van der Waals surface area contributed by atoms with Crippen LogP contribution < -0.4 is 0 Å². The van der Waals surface area contributed by atoms with Gasteiger partial charge in [0.25, 0.3) is 0 Å². The van der Waals surface area contributed by atoms with Crippen LogP contribution >= 0.6 is 0 Å². The van der Waals surface area contributed by atoms with Gasteiger partial charge in [-0.15, -0.1) is 0 Å². The normalized spacial score (nSPS) is 34.4. The van der Waals surface area contributed by atoms with Crippen molar-refractivity contribution < 1.29 is 9.90 Å². The molecule has 0 aromatic rings. The maximum atomic E-state index is 11.0. The number of aliphatic carboxylic acids is 1. The Morgan fingerprint density at radius 2 is 1.93 bits per heavy atom. The maximum absolute atomic E-state index is 11.0. The Balaban J connectivity index is 2.66. The van der Waals surface area contributed by atoms with Gasteiger partial charge in [-0.1, -0.05) is 26.7 Å². The summed E-state index contributed by atoms with van der Waals surface area (Å²) in [5.41, 5.74) is 0. The molecule has 0 spiro atoms. The minimum absolute atomic E-state index is 0.261. The van der Waals surface area contributed by atoms with Crippen LogP contribution in [0.3, 0.4) is 0 Å². The highest BCUT2D eigenvalue weighted by atomic mass is 16.4. The molecule has 1 rings (SSSR count). The van der Waals surface area contributed by atoms with E-state index in [-0.39, 0.29) is 6.04 Å². The van der Waals surface area contributed by atoms with Gasteiger partial charge in [-0.2, -0.15) is 0 Å². The predicted octanol–water partition coefficient (Wildman–Crippen LogP) is 1.83. The van der Waals surface area contributed by atoms with E-state index >= 15 is 0 Å². The largest absolute Gasteiger partial charge is 0.480 e. The van der Waals surface area contributed by atoms with Crippen LogP contribution in [-0.2, 0) is 4.79 Å². The van der Waals surface area contributed by atoms with Crippen molar-refractivity contribution in [1.82, 2.24) is 4.90 Å². The first-order valence-corrected chi connectivity index (χ1v) is 5.53. The zero-order valence-corrected chi connectivity index (χ0v) is 9.36. The van der Waals surface area contributed by atoms with Gasteiger partial charge in [0.15, 0.2) is 0 Å². The molecule has 3 nitrogen and oxygen atoms in total. The molecule has 82 valence electrons. The number of likely N-dealkylation sites (tertiary alicyclic amines) is 1. The molecule has 3 atom stereocenters. The first-order valence-electron chi connectivity index (χ1n) is 5.53. The highest BCUT2D eigenvalue weighted by Crippen LogP contribution is 2.31. The highest BCUT2D eigenvalue weighted by molar-refractivity contribution is 5.73. The van der Waals surface area contributed by atoms with E-state index in [1.165, 1.54) is 0 Å². The predicted molar refractivity (Wildman–Crippen MR) is 56.2 cm³/mol. The van der Waals surface area contributed by atoms with E-state index < -0.39 is 5.97 Å². The molecule has 1 saturated heterocycles. The lowest BCUT2D eigenvalue weighted by Gasteiger charge is -2.40. The van der Waals surface area contributed by atoms with Gasteiger partial charge >= 0.3 is 5.97 Å². The Hall–Kier alpha value is -0.570. The van der Waals surface area contributed by atoms with Gasteiger partial charge in [-0.25, -0.2) is 0 Å². The van der Waals surface area contributed by atoms with Gasteiger partial charge in [0.2, 0.25) is 0 Å². The topological polar surface area (TPSA) is 40.5 Å². The number of rotatable bonds is 3. The Morgan fingerprint density at radius 3 is 2.36 bits per heavy atom. The lowest BCUT2D eigenvalue weighted by atomic mass is 9.79. The zero-order chi connectivity index (χ0) is 10.7. The van der Waals surface area contributed by atoms with Gasteiger partial charge in [0.05, 0.1) is 0 Å². The van der Waals surface area contributed by atoms with Crippen LogP contribution in [0, 0.1) is 11.8 Å². The van der Waals surface area contributed by atoms with Crippen LogP contribution in [0.15, 0.2) is 0 Å². The minimum atomic E-state index is -0.666. The summed E-state index contributed by atoms with van der Waals surface area (Å²) in [6.45, 7) is 5.30. The van der Waals surface area contributed by atoms with Gasteiger partial charge in [0.1, 0.15) is 6.04 Å². The van der Waals surface area contributed by atoms with E-state index in [9.17, 15) is 4.79 Å². The third-order valence-electron chi connectivity index (χ3n) is 3.58. The molecule has 1 fully saturated rings. The molecule has 0 amide bonds. The van der Waals surface area contributed by atoms with Gasteiger partial charge in [0, 0.05) is 6.54 Å². The third-order valence-corrected chi connectivity index (χ3v) is 3.58. The van der Waals surface area contributed by atoms with Crippen LogP contribution in [0.2, 0.25) is 0 Å². The van der Waals surface area contributed by atoms with Crippen molar-refractivity contribution in [3.63, 3.8) is 0 Å². The molecule has 0 aromatic carbocycles. The van der Waals surface area contributed by atoms with Crippen molar-refractivity contribution >= 4 is 5.97 Å². The van der Waals surface area contributed by atoms with Crippen LogP contribution in [0.1, 0.15) is 33.1 Å². The number of carboxylic acid groups (broad SMARTS) is 1. The SMILES string of the molecule is CCC1CC(C(=O)O)N(C)CC1CC. The molecule has 3 heteroatoms. The number of likely N-dealkylation sites (N-methyl/N-ethyl adjacent to an activating group) is 1. The number of carboxylic acids is 1. The third kappa shape index (κ3) is 2.27. The van der Waals surface area contributed by atoms with Crippen LogP contribution in [0.25, 0.3) is 0 Å². The standard InChI is InChI=1S/C11H21NO2/c1-4-8-6-10(11(13)14)12(3)7-9(8)5-2/h8-10H,4-7H2,1-3H3,(H,13,14). The monoisotopic (exact) mass is 199 g/mol. The van der Waals surface area contributed by atoms with Crippen molar-refractivity contribution in [3.8, 4) is 0 Å². The summed E-state index contributed by atoms with van der Waals surface area (Å²) in [5.74, 6) is 0.610. The fourth-order valence-corrected chi connectivity index (χ4v) is 2.56. The lowest BCUT2D eigenvalue weighted by Crippen LogP contribution is -2.48. The number of piperidine rings is 1. The van der Waals surface area contributed by atoms with Crippen molar-refractivity contribution in [2.24, 2.45) is 11.8 Å². The van der Waals surface area contributed by atoms with E-state index in [2.05, 4.69) is 13.8 Å². The Kier molecular flexibility index (Phi) is 3.93. The number of hydrogen-bond donors (Lipinski definition) is 1. The summed E-state index contributed by atoms with van der Waals surface area (Å²) in [4.78, 5) is 13.0. The van der Waals surface area contributed by atoms with E-state index in [4.69, 9.17) is 5.11 Å². The first-order chi connectivity index (χ1) is 6.60. The second-order valence-corrected chi connectivity index (χ2v) is 4.37. The van der Waals surface area contributed by atoms with Gasteiger partial charge in [-0.05, 0) is 25.3 Å². The second kappa shape index (κ2) is 4.78. The molecule has 0 bridgehead atoms. The van der Waals surface area contributed by atoms with Crippen molar-refractivity contribution in [3.05, 3.63) is 0 Å². The molecule has 1 aliphatic rings. The average Bonchev–Trinajstić information content (AvgIpc) is 2.16. The van der Waals surface area contributed by atoms with Crippen molar-refractivity contribution in [2.75, 3.05) is 13.6 Å².